The Kier molecular flexibility index (Phi) is 7.11. The van der Waals surface area contributed by atoms with E-state index in [2.05, 4.69) is 41.8 Å². The van der Waals surface area contributed by atoms with Gasteiger partial charge in [0.05, 0.1) is 0 Å². The van der Waals surface area contributed by atoms with Crippen LogP contribution in [0.3, 0.4) is 0 Å². The molecule has 1 aromatic rings. The van der Waals surface area contributed by atoms with Crippen molar-refractivity contribution in [1.29, 1.82) is 0 Å². The number of carbonyl (C=O) groups excluding carboxylic acids is 1. The summed E-state index contributed by atoms with van der Waals surface area (Å²) in [5.41, 5.74) is 2.67. The van der Waals surface area contributed by atoms with E-state index in [4.69, 9.17) is 0 Å². The van der Waals surface area contributed by atoms with E-state index in [9.17, 15) is 4.79 Å². The topological polar surface area (TPSA) is 41.1 Å². The van der Waals surface area contributed by atoms with Gasteiger partial charge in [-0.25, -0.2) is 0 Å². The minimum absolute atomic E-state index is 0.118. The second-order valence-electron chi connectivity index (χ2n) is 4.52. The van der Waals surface area contributed by atoms with E-state index in [0.717, 1.165) is 25.9 Å². The van der Waals surface area contributed by atoms with Crippen molar-refractivity contribution in [2.24, 2.45) is 0 Å². The number of amides is 1. The third-order valence-electron chi connectivity index (χ3n) is 2.90. The Balaban J connectivity index is 2.24. The third kappa shape index (κ3) is 5.82. The van der Waals surface area contributed by atoms with E-state index >= 15 is 0 Å². The van der Waals surface area contributed by atoms with E-state index in [-0.39, 0.29) is 5.91 Å². The molecular weight excluding hydrogens is 224 g/mol. The maximum Gasteiger partial charge on any atom is 0.221 e. The molecule has 100 valence electrons. The van der Waals surface area contributed by atoms with Crippen molar-refractivity contribution in [2.75, 3.05) is 20.1 Å². The molecule has 1 amide bonds. The van der Waals surface area contributed by atoms with Crippen molar-refractivity contribution in [2.45, 2.75) is 32.6 Å². The molecule has 0 aromatic heterocycles. The third-order valence-corrected chi connectivity index (χ3v) is 2.90. The number of carbonyl (C=O) groups is 1. The highest BCUT2D eigenvalue weighted by Gasteiger charge is 1.99. The second kappa shape index (κ2) is 8.70. The molecule has 0 atom stereocenters. The highest BCUT2D eigenvalue weighted by Crippen LogP contribution is 2.06. The first-order valence-electron chi connectivity index (χ1n) is 6.75. The molecule has 0 aliphatic carbocycles. The molecule has 0 saturated carbocycles. The predicted octanol–water partition coefficient (Wildman–Crippen LogP) is 1.91. The van der Waals surface area contributed by atoms with Crippen molar-refractivity contribution >= 4 is 5.91 Å². The van der Waals surface area contributed by atoms with Crippen LogP contribution in [-0.2, 0) is 17.6 Å². The second-order valence-corrected chi connectivity index (χ2v) is 4.52. The molecule has 2 N–H and O–H groups in total. The number of hydrogen-bond donors (Lipinski definition) is 2. The molecule has 3 nitrogen and oxygen atoms in total. The molecular formula is C15H24N2O. The SMILES string of the molecule is CCCc1ccc(CCNC(=O)CCNC)cc1. The monoisotopic (exact) mass is 248 g/mol. The number of benzene rings is 1. The molecule has 0 unspecified atom stereocenters. The average molecular weight is 248 g/mol. The zero-order valence-corrected chi connectivity index (χ0v) is 11.5. The van der Waals surface area contributed by atoms with Crippen LogP contribution in [-0.4, -0.2) is 26.0 Å². The van der Waals surface area contributed by atoms with Crippen molar-refractivity contribution in [3.63, 3.8) is 0 Å². The van der Waals surface area contributed by atoms with Crippen LogP contribution < -0.4 is 10.6 Å². The molecule has 0 saturated heterocycles. The van der Waals surface area contributed by atoms with Gasteiger partial charge in [0.2, 0.25) is 5.91 Å². The number of nitrogens with one attached hydrogen (secondary N) is 2. The highest BCUT2D eigenvalue weighted by atomic mass is 16.1. The Morgan fingerprint density at radius 3 is 2.22 bits per heavy atom. The smallest absolute Gasteiger partial charge is 0.221 e. The van der Waals surface area contributed by atoms with Gasteiger partial charge in [0.1, 0.15) is 0 Å². The molecule has 0 bridgehead atoms. The molecule has 0 fully saturated rings. The Labute approximate surface area is 110 Å². The fraction of sp³-hybridized carbons (Fsp3) is 0.533. The normalized spacial score (nSPS) is 10.3. The minimum atomic E-state index is 0.118. The van der Waals surface area contributed by atoms with Gasteiger partial charge >= 0.3 is 0 Å². The van der Waals surface area contributed by atoms with Gasteiger partial charge in [0.25, 0.3) is 0 Å². The summed E-state index contributed by atoms with van der Waals surface area (Å²) in [5.74, 6) is 0.118. The molecule has 1 aromatic carbocycles. The fourth-order valence-corrected chi connectivity index (χ4v) is 1.83. The number of aryl methyl sites for hydroxylation is 1. The van der Waals surface area contributed by atoms with E-state index < -0.39 is 0 Å². The molecule has 0 radical (unpaired) electrons. The summed E-state index contributed by atoms with van der Waals surface area (Å²) in [6.07, 6.45) is 3.77. The molecule has 0 heterocycles. The Morgan fingerprint density at radius 1 is 1.06 bits per heavy atom. The highest BCUT2D eigenvalue weighted by molar-refractivity contribution is 5.76. The summed E-state index contributed by atoms with van der Waals surface area (Å²) in [4.78, 5) is 11.4. The van der Waals surface area contributed by atoms with Crippen LogP contribution >= 0.6 is 0 Å². The largest absolute Gasteiger partial charge is 0.356 e. The maximum atomic E-state index is 11.4. The summed E-state index contributed by atoms with van der Waals surface area (Å²) in [6.45, 7) is 3.64. The van der Waals surface area contributed by atoms with Gasteiger partial charge in [-0.05, 0) is 31.0 Å². The van der Waals surface area contributed by atoms with Gasteiger partial charge in [-0.3, -0.25) is 4.79 Å². The maximum absolute atomic E-state index is 11.4. The van der Waals surface area contributed by atoms with E-state index in [1.54, 1.807) is 0 Å². The van der Waals surface area contributed by atoms with Gasteiger partial charge in [-0.1, -0.05) is 37.6 Å². The van der Waals surface area contributed by atoms with Crippen LogP contribution in [0, 0.1) is 0 Å². The van der Waals surface area contributed by atoms with Crippen molar-refractivity contribution in [3.8, 4) is 0 Å². The molecule has 0 spiro atoms. The van der Waals surface area contributed by atoms with Crippen molar-refractivity contribution in [3.05, 3.63) is 35.4 Å². The lowest BCUT2D eigenvalue weighted by molar-refractivity contribution is -0.120. The van der Waals surface area contributed by atoms with Crippen LogP contribution in [0.5, 0.6) is 0 Å². The van der Waals surface area contributed by atoms with E-state index in [0.29, 0.717) is 6.42 Å². The van der Waals surface area contributed by atoms with Crippen LogP contribution in [0.4, 0.5) is 0 Å². The zero-order valence-electron chi connectivity index (χ0n) is 11.5. The average Bonchev–Trinajstić information content (AvgIpc) is 2.39. The lowest BCUT2D eigenvalue weighted by atomic mass is 10.1. The lowest BCUT2D eigenvalue weighted by Crippen LogP contribution is -2.28. The van der Waals surface area contributed by atoms with E-state index in [1.165, 1.54) is 17.5 Å². The number of hydrogen-bond acceptors (Lipinski definition) is 2. The molecule has 18 heavy (non-hydrogen) atoms. The van der Waals surface area contributed by atoms with Gasteiger partial charge in [0, 0.05) is 19.5 Å². The summed E-state index contributed by atoms with van der Waals surface area (Å²) in [5, 5.41) is 5.89. The Morgan fingerprint density at radius 2 is 1.67 bits per heavy atom. The van der Waals surface area contributed by atoms with Crippen molar-refractivity contribution in [1.82, 2.24) is 10.6 Å². The minimum Gasteiger partial charge on any atom is -0.356 e. The van der Waals surface area contributed by atoms with Crippen LogP contribution in [0.1, 0.15) is 30.9 Å². The quantitative estimate of drug-likeness (QED) is 0.738. The van der Waals surface area contributed by atoms with Gasteiger partial charge in [0.15, 0.2) is 0 Å². The number of rotatable bonds is 8. The van der Waals surface area contributed by atoms with Crippen LogP contribution in [0.25, 0.3) is 0 Å². The molecule has 1 rings (SSSR count). The van der Waals surface area contributed by atoms with Crippen LogP contribution in [0.2, 0.25) is 0 Å². The van der Waals surface area contributed by atoms with E-state index in [1.807, 2.05) is 7.05 Å². The lowest BCUT2D eigenvalue weighted by Gasteiger charge is -2.06. The van der Waals surface area contributed by atoms with Gasteiger partial charge in [-0.2, -0.15) is 0 Å². The van der Waals surface area contributed by atoms with Crippen molar-refractivity contribution < 1.29 is 4.79 Å². The Bertz CT molecular complexity index is 346. The van der Waals surface area contributed by atoms with Gasteiger partial charge in [-0.15, -0.1) is 0 Å². The summed E-state index contributed by atoms with van der Waals surface area (Å²) in [7, 11) is 1.85. The fourth-order valence-electron chi connectivity index (χ4n) is 1.83. The summed E-state index contributed by atoms with van der Waals surface area (Å²) < 4.78 is 0. The zero-order chi connectivity index (χ0) is 13.2. The van der Waals surface area contributed by atoms with Crippen LogP contribution in [0.15, 0.2) is 24.3 Å². The molecule has 0 aliphatic heterocycles. The first-order valence-corrected chi connectivity index (χ1v) is 6.75. The summed E-state index contributed by atoms with van der Waals surface area (Å²) in [6, 6.07) is 8.68. The van der Waals surface area contributed by atoms with Gasteiger partial charge < -0.3 is 10.6 Å². The molecule has 3 heteroatoms. The first kappa shape index (κ1) is 14.7. The predicted molar refractivity (Wildman–Crippen MR) is 75.7 cm³/mol. The Hall–Kier alpha value is -1.35. The molecule has 0 aliphatic rings. The first-order chi connectivity index (χ1) is 8.76. The standard InChI is InChI=1S/C15H24N2O/c1-3-4-13-5-7-14(8-6-13)9-12-17-15(18)10-11-16-2/h5-8,16H,3-4,9-12H2,1-2H3,(H,17,18). The summed E-state index contributed by atoms with van der Waals surface area (Å²) >= 11 is 0.